The zero-order chi connectivity index (χ0) is 11.4. The maximum absolute atomic E-state index is 12.0. The van der Waals surface area contributed by atoms with Gasteiger partial charge >= 0.3 is 5.97 Å². The molecule has 0 N–H and O–H groups in total. The minimum Gasteiger partial charge on any atom is -0.452 e. The second kappa shape index (κ2) is 5.14. The third-order valence-electron chi connectivity index (χ3n) is 2.56. The van der Waals surface area contributed by atoms with Gasteiger partial charge in [-0.2, -0.15) is 0 Å². The lowest BCUT2D eigenvalue weighted by Crippen LogP contribution is -2.42. The molecule has 86 valence electrons. The monoisotopic (exact) mass is 213 g/mol. The first-order chi connectivity index (χ1) is 7.02. The molecule has 0 aromatic carbocycles. The van der Waals surface area contributed by atoms with E-state index in [1.807, 2.05) is 13.8 Å². The lowest BCUT2D eigenvalue weighted by Gasteiger charge is -2.25. The summed E-state index contributed by atoms with van der Waals surface area (Å²) in [4.78, 5) is 24.6. The number of carbonyl (C=O) groups is 2. The van der Waals surface area contributed by atoms with Crippen molar-refractivity contribution in [1.29, 1.82) is 0 Å². The second-order valence-electron chi connectivity index (χ2n) is 4.31. The Morgan fingerprint density at radius 3 is 2.13 bits per heavy atom. The Bertz CT molecular complexity index is 244. The first-order valence-corrected chi connectivity index (χ1v) is 5.48. The molecule has 1 unspecified atom stereocenters. The van der Waals surface area contributed by atoms with Crippen LogP contribution in [0, 0.1) is 5.92 Å². The van der Waals surface area contributed by atoms with Crippen LogP contribution in [0.25, 0.3) is 0 Å². The minimum atomic E-state index is -0.611. The van der Waals surface area contributed by atoms with Crippen LogP contribution in [0.4, 0.5) is 0 Å². The maximum Gasteiger partial charge on any atom is 0.303 e. The Morgan fingerprint density at radius 1 is 1.20 bits per heavy atom. The summed E-state index contributed by atoms with van der Waals surface area (Å²) in [6.07, 6.45) is 1.49. The predicted molar refractivity (Wildman–Crippen MR) is 56.2 cm³/mol. The summed E-state index contributed by atoms with van der Waals surface area (Å²) in [7, 11) is 0. The molecule has 4 nitrogen and oxygen atoms in total. The van der Waals surface area contributed by atoms with Gasteiger partial charge in [0.1, 0.15) is 0 Å². The molecule has 0 spiro atoms. The molecule has 0 bridgehead atoms. The minimum absolute atomic E-state index is 0.0296. The van der Waals surface area contributed by atoms with Gasteiger partial charge in [-0.3, -0.25) is 9.59 Å². The van der Waals surface area contributed by atoms with Crippen LogP contribution in [0.5, 0.6) is 0 Å². The van der Waals surface area contributed by atoms with Crippen LogP contribution in [0.1, 0.15) is 33.6 Å². The van der Waals surface area contributed by atoms with Gasteiger partial charge in [0, 0.05) is 20.0 Å². The van der Waals surface area contributed by atoms with E-state index in [1.165, 1.54) is 6.92 Å². The van der Waals surface area contributed by atoms with E-state index in [0.717, 1.165) is 25.9 Å². The molecule has 0 aliphatic carbocycles. The molecule has 1 aliphatic heterocycles. The molecular formula is C11H19NO3. The van der Waals surface area contributed by atoms with Gasteiger partial charge in [-0.15, -0.1) is 0 Å². The number of hydrogen-bond acceptors (Lipinski definition) is 3. The van der Waals surface area contributed by atoms with E-state index in [0.29, 0.717) is 0 Å². The highest BCUT2D eigenvalue weighted by atomic mass is 16.5. The van der Waals surface area contributed by atoms with Gasteiger partial charge in [-0.05, 0) is 18.8 Å². The lowest BCUT2D eigenvalue weighted by atomic mass is 10.1. The van der Waals surface area contributed by atoms with Crippen molar-refractivity contribution in [2.45, 2.75) is 39.7 Å². The summed E-state index contributed by atoms with van der Waals surface area (Å²) in [5.41, 5.74) is 0. The Kier molecular flexibility index (Phi) is 4.12. The topological polar surface area (TPSA) is 46.6 Å². The van der Waals surface area contributed by atoms with E-state index < -0.39 is 6.10 Å². The van der Waals surface area contributed by atoms with Crippen molar-refractivity contribution in [1.82, 2.24) is 4.90 Å². The molecule has 0 saturated carbocycles. The number of rotatable bonds is 3. The van der Waals surface area contributed by atoms with Crippen molar-refractivity contribution in [2.75, 3.05) is 13.1 Å². The molecule has 1 aliphatic rings. The van der Waals surface area contributed by atoms with E-state index in [4.69, 9.17) is 4.74 Å². The van der Waals surface area contributed by atoms with Gasteiger partial charge in [0.05, 0.1) is 0 Å². The average molecular weight is 213 g/mol. The predicted octanol–water partition coefficient (Wildman–Crippen LogP) is 1.20. The summed E-state index contributed by atoms with van der Waals surface area (Å²) < 4.78 is 5.06. The molecule has 4 heteroatoms. The summed E-state index contributed by atoms with van der Waals surface area (Å²) >= 11 is 0. The molecule has 15 heavy (non-hydrogen) atoms. The second-order valence-corrected chi connectivity index (χ2v) is 4.31. The largest absolute Gasteiger partial charge is 0.452 e. The molecule has 1 amide bonds. The van der Waals surface area contributed by atoms with Crippen LogP contribution < -0.4 is 0 Å². The van der Waals surface area contributed by atoms with Gasteiger partial charge in [0.15, 0.2) is 6.10 Å². The zero-order valence-corrected chi connectivity index (χ0v) is 9.66. The highest BCUT2D eigenvalue weighted by Gasteiger charge is 2.30. The van der Waals surface area contributed by atoms with E-state index in [1.54, 1.807) is 4.90 Å². The third kappa shape index (κ3) is 3.22. The van der Waals surface area contributed by atoms with Crippen molar-refractivity contribution >= 4 is 11.9 Å². The van der Waals surface area contributed by atoms with E-state index in [2.05, 4.69) is 0 Å². The van der Waals surface area contributed by atoms with E-state index >= 15 is 0 Å². The summed E-state index contributed by atoms with van der Waals surface area (Å²) in [6, 6.07) is 0. The first kappa shape index (κ1) is 12.0. The molecule has 1 heterocycles. The van der Waals surface area contributed by atoms with E-state index in [-0.39, 0.29) is 17.8 Å². The molecular weight excluding hydrogens is 194 g/mol. The number of amides is 1. The molecule has 1 saturated heterocycles. The number of esters is 1. The molecule has 0 radical (unpaired) electrons. The summed E-state index contributed by atoms with van der Waals surface area (Å²) in [6.45, 7) is 6.71. The van der Waals surface area contributed by atoms with Crippen LogP contribution in [0.2, 0.25) is 0 Å². The Hall–Kier alpha value is -1.06. The fourth-order valence-electron chi connectivity index (χ4n) is 1.77. The van der Waals surface area contributed by atoms with Gasteiger partial charge in [-0.1, -0.05) is 13.8 Å². The SMILES string of the molecule is CC(=O)OC(C(=O)N1CCCC1)C(C)C. The van der Waals surface area contributed by atoms with E-state index in [9.17, 15) is 9.59 Å². The fourth-order valence-corrected chi connectivity index (χ4v) is 1.77. The van der Waals surface area contributed by atoms with Gasteiger partial charge < -0.3 is 9.64 Å². The maximum atomic E-state index is 12.0. The quantitative estimate of drug-likeness (QED) is 0.662. The molecule has 0 aromatic heterocycles. The van der Waals surface area contributed by atoms with Crippen LogP contribution >= 0.6 is 0 Å². The number of nitrogens with zero attached hydrogens (tertiary/aromatic N) is 1. The number of ether oxygens (including phenoxy) is 1. The normalized spacial score (nSPS) is 18.0. The summed E-state index contributed by atoms with van der Waals surface area (Å²) in [5, 5.41) is 0. The average Bonchev–Trinajstić information content (AvgIpc) is 2.65. The third-order valence-corrected chi connectivity index (χ3v) is 2.56. The van der Waals surface area contributed by atoms with Crippen molar-refractivity contribution in [3.63, 3.8) is 0 Å². The Balaban J connectivity index is 2.61. The van der Waals surface area contributed by atoms with Crippen molar-refractivity contribution in [3.05, 3.63) is 0 Å². The Labute approximate surface area is 90.6 Å². The smallest absolute Gasteiger partial charge is 0.303 e. The summed E-state index contributed by atoms with van der Waals surface area (Å²) in [5.74, 6) is -0.402. The van der Waals surface area contributed by atoms with Crippen molar-refractivity contribution < 1.29 is 14.3 Å². The van der Waals surface area contributed by atoms with Crippen molar-refractivity contribution in [3.8, 4) is 0 Å². The van der Waals surface area contributed by atoms with Gasteiger partial charge in [0.25, 0.3) is 5.91 Å². The number of hydrogen-bond donors (Lipinski definition) is 0. The van der Waals surface area contributed by atoms with Crippen molar-refractivity contribution in [2.24, 2.45) is 5.92 Å². The Morgan fingerprint density at radius 2 is 1.73 bits per heavy atom. The number of carbonyl (C=O) groups excluding carboxylic acids is 2. The highest BCUT2D eigenvalue weighted by molar-refractivity contribution is 5.83. The van der Waals surface area contributed by atoms with Crippen LogP contribution in [-0.2, 0) is 14.3 Å². The first-order valence-electron chi connectivity index (χ1n) is 5.48. The fraction of sp³-hybridized carbons (Fsp3) is 0.818. The zero-order valence-electron chi connectivity index (χ0n) is 9.66. The van der Waals surface area contributed by atoms with Crippen LogP contribution in [0.15, 0.2) is 0 Å². The molecule has 1 fully saturated rings. The highest BCUT2D eigenvalue weighted by Crippen LogP contribution is 2.15. The lowest BCUT2D eigenvalue weighted by molar-refractivity contribution is -0.161. The van der Waals surface area contributed by atoms with Gasteiger partial charge in [-0.25, -0.2) is 0 Å². The van der Waals surface area contributed by atoms with Crippen LogP contribution in [-0.4, -0.2) is 36.0 Å². The number of likely N-dealkylation sites (tertiary alicyclic amines) is 1. The van der Waals surface area contributed by atoms with Gasteiger partial charge in [0.2, 0.25) is 0 Å². The molecule has 0 aromatic rings. The molecule has 1 rings (SSSR count). The standard InChI is InChI=1S/C11H19NO3/c1-8(2)10(15-9(3)13)11(14)12-6-4-5-7-12/h8,10H,4-7H2,1-3H3. The van der Waals surface area contributed by atoms with Crippen LogP contribution in [0.3, 0.4) is 0 Å². The molecule has 1 atom stereocenters.